The van der Waals surface area contributed by atoms with Gasteiger partial charge in [0, 0.05) is 11.7 Å². The minimum Gasteiger partial charge on any atom is -0.345 e. The largest absolute Gasteiger partial charge is 0.345 e. The molecule has 1 atom stereocenters. The number of hydrogen-bond donors (Lipinski definition) is 2. The number of anilines is 1. The molecular weight excluding hydrogens is 328 g/mol. The van der Waals surface area contributed by atoms with E-state index >= 15 is 0 Å². The van der Waals surface area contributed by atoms with Crippen LogP contribution in [0.1, 0.15) is 18.1 Å². The SMILES string of the molecule is C[C@@H](Cc1cccc(F)c1)NC(=O)C(=O)Nc1ccc(F)c(C#N)c1. The number of amides is 2. The Labute approximate surface area is 143 Å². The first kappa shape index (κ1) is 18.1. The Hall–Kier alpha value is -3.27. The van der Waals surface area contributed by atoms with Crippen LogP contribution in [0.5, 0.6) is 0 Å². The maximum atomic E-state index is 13.2. The summed E-state index contributed by atoms with van der Waals surface area (Å²) in [6, 6.07) is 10.6. The lowest BCUT2D eigenvalue weighted by atomic mass is 10.1. The topological polar surface area (TPSA) is 82.0 Å². The molecule has 128 valence electrons. The quantitative estimate of drug-likeness (QED) is 0.837. The van der Waals surface area contributed by atoms with Crippen LogP contribution in [0.4, 0.5) is 14.5 Å². The normalized spacial score (nSPS) is 11.3. The van der Waals surface area contributed by atoms with Gasteiger partial charge in [0.1, 0.15) is 17.7 Å². The van der Waals surface area contributed by atoms with Crippen LogP contribution in [0.3, 0.4) is 0 Å². The number of carbonyl (C=O) groups is 2. The maximum absolute atomic E-state index is 13.2. The standard InChI is InChI=1S/C18H15F2N3O2/c1-11(7-12-3-2-4-14(19)8-12)22-17(24)18(25)23-15-5-6-16(20)13(9-15)10-21/h2-6,8-9,11H,7H2,1H3,(H,22,24)(H,23,25)/t11-/m0/s1. The molecule has 0 heterocycles. The van der Waals surface area contributed by atoms with Crippen molar-refractivity contribution in [2.45, 2.75) is 19.4 Å². The Morgan fingerprint density at radius 3 is 2.60 bits per heavy atom. The Bertz CT molecular complexity index is 846. The summed E-state index contributed by atoms with van der Waals surface area (Å²) in [6.45, 7) is 1.68. The lowest BCUT2D eigenvalue weighted by Crippen LogP contribution is -2.41. The highest BCUT2D eigenvalue weighted by Gasteiger charge is 2.17. The lowest BCUT2D eigenvalue weighted by molar-refractivity contribution is -0.136. The van der Waals surface area contributed by atoms with Gasteiger partial charge in [0.25, 0.3) is 0 Å². The second-order valence-electron chi connectivity index (χ2n) is 5.47. The minimum atomic E-state index is -0.943. The van der Waals surface area contributed by atoms with Crippen molar-refractivity contribution >= 4 is 17.5 Å². The Balaban J connectivity index is 1.93. The molecule has 2 N–H and O–H groups in total. The molecule has 0 radical (unpaired) electrons. The Morgan fingerprint density at radius 1 is 1.16 bits per heavy atom. The van der Waals surface area contributed by atoms with E-state index in [2.05, 4.69) is 10.6 Å². The monoisotopic (exact) mass is 343 g/mol. The molecule has 2 amide bonds. The summed E-state index contributed by atoms with van der Waals surface area (Å²) in [5.41, 5.74) is 0.582. The Morgan fingerprint density at radius 2 is 1.92 bits per heavy atom. The van der Waals surface area contributed by atoms with Crippen molar-refractivity contribution < 1.29 is 18.4 Å². The zero-order chi connectivity index (χ0) is 18.4. The van der Waals surface area contributed by atoms with E-state index in [0.717, 1.165) is 12.1 Å². The number of nitriles is 1. The van der Waals surface area contributed by atoms with Crippen molar-refractivity contribution in [2.75, 3.05) is 5.32 Å². The highest BCUT2D eigenvalue weighted by molar-refractivity contribution is 6.39. The molecule has 0 aliphatic rings. The van der Waals surface area contributed by atoms with Crippen LogP contribution in [0.25, 0.3) is 0 Å². The molecule has 0 spiro atoms. The van der Waals surface area contributed by atoms with Crippen molar-refractivity contribution in [1.82, 2.24) is 5.32 Å². The van der Waals surface area contributed by atoms with Crippen LogP contribution in [-0.4, -0.2) is 17.9 Å². The molecule has 0 bridgehead atoms. The average Bonchev–Trinajstić information content (AvgIpc) is 2.56. The summed E-state index contributed by atoms with van der Waals surface area (Å²) in [4.78, 5) is 23.8. The van der Waals surface area contributed by atoms with Crippen LogP contribution in [0, 0.1) is 23.0 Å². The highest BCUT2D eigenvalue weighted by Crippen LogP contribution is 2.13. The maximum Gasteiger partial charge on any atom is 0.313 e. The average molecular weight is 343 g/mol. The van der Waals surface area contributed by atoms with Crippen molar-refractivity contribution in [2.24, 2.45) is 0 Å². The van der Waals surface area contributed by atoms with Gasteiger partial charge >= 0.3 is 11.8 Å². The van der Waals surface area contributed by atoms with Crippen molar-refractivity contribution in [3.8, 4) is 6.07 Å². The van der Waals surface area contributed by atoms with Crippen LogP contribution in [0.15, 0.2) is 42.5 Å². The molecule has 5 nitrogen and oxygen atoms in total. The van der Waals surface area contributed by atoms with Crippen LogP contribution in [-0.2, 0) is 16.0 Å². The molecular formula is C18H15F2N3O2. The zero-order valence-electron chi connectivity index (χ0n) is 13.3. The van der Waals surface area contributed by atoms with Gasteiger partial charge in [0.2, 0.25) is 0 Å². The predicted molar refractivity (Wildman–Crippen MR) is 87.5 cm³/mol. The number of benzene rings is 2. The first-order chi connectivity index (χ1) is 11.9. The third kappa shape index (κ3) is 5.11. The smallest absolute Gasteiger partial charge is 0.313 e. The van der Waals surface area contributed by atoms with Gasteiger partial charge in [-0.3, -0.25) is 9.59 Å². The fourth-order valence-electron chi connectivity index (χ4n) is 2.23. The number of rotatable bonds is 4. The molecule has 0 saturated carbocycles. The van der Waals surface area contributed by atoms with Gasteiger partial charge < -0.3 is 10.6 Å². The summed E-state index contributed by atoms with van der Waals surface area (Å²) in [5, 5.41) is 13.5. The number of hydrogen-bond acceptors (Lipinski definition) is 3. The molecule has 2 aromatic carbocycles. The molecule has 0 saturated heterocycles. The van der Waals surface area contributed by atoms with E-state index in [4.69, 9.17) is 5.26 Å². The molecule has 0 fully saturated rings. The molecule has 0 aromatic heterocycles. The third-order valence-electron chi connectivity index (χ3n) is 3.36. The fraction of sp³-hybridized carbons (Fsp3) is 0.167. The number of nitrogens with zero attached hydrogens (tertiary/aromatic N) is 1. The zero-order valence-corrected chi connectivity index (χ0v) is 13.3. The highest BCUT2D eigenvalue weighted by atomic mass is 19.1. The van der Waals surface area contributed by atoms with Crippen LogP contribution in [0.2, 0.25) is 0 Å². The van der Waals surface area contributed by atoms with Gasteiger partial charge in [-0.2, -0.15) is 5.26 Å². The van der Waals surface area contributed by atoms with Crippen molar-refractivity contribution in [3.05, 3.63) is 65.2 Å². The summed E-state index contributed by atoms with van der Waals surface area (Å²) in [6.07, 6.45) is 0.353. The van der Waals surface area contributed by atoms with E-state index in [9.17, 15) is 18.4 Å². The molecule has 7 heteroatoms. The predicted octanol–water partition coefficient (Wildman–Crippen LogP) is 2.52. The van der Waals surface area contributed by atoms with E-state index in [0.29, 0.717) is 12.0 Å². The first-order valence-corrected chi connectivity index (χ1v) is 7.45. The molecule has 0 aliphatic carbocycles. The second kappa shape index (κ2) is 8.02. The third-order valence-corrected chi connectivity index (χ3v) is 3.36. The van der Waals surface area contributed by atoms with Gasteiger partial charge in [0.15, 0.2) is 0 Å². The molecule has 0 unspecified atom stereocenters. The van der Waals surface area contributed by atoms with Gasteiger partial charge in [-0.25, -0.2) is 8.78 Å². The fourth-order valence-corrected chi connectivity index (χ4v) is 2.23. The van der Waals surface area contributed by atoms with Gasteiger partial charge in [-0.05, 0) is 49.2 Å². The molecule has 2 aromatic rings. The van der Waals surface area contributed by atoms with Gasteiger partial charge in [-0.15, -0.1) is 0 Å². The van der Waals surface area contributed by atoms with E-state index < -0.39 is 23.7 Å². The second-order valence-corrected chi connectivity index (χ2v) is 5.47. The van der Waals surface area contributed by atoms with Crippen LogP contribution >= 0.6 is 0 Å². The van der Waals surface area contributed by atoms with E-state index in [1.807, 2.05) is 0 Å². The number of nitrogens with one attached hydrogen (secondary N) is 2. The summed E-state index contributed by atoms with van der Waals surface area (Å²) >= 11 is 0. The van der Waals surface area contributed by atoms with Crippen LogP contribution < -0.4 is 10.6 Å². The first-order valence-electron chi connectivity index (χ1n) is 7.45. The molecule has 25 heavy (non-hydrogen) atoms. The summed E-state index contributed by atoms with van der Waals surface area (Å²) in [5.74, 6) is -2.92. The van der Waals surface area contributed by atoms with Crippen molar-refractivity contribution in [3.63, 3.8) is 0 Å². The van der Waals surface area contributed by atoms with Gasteiger partial charge in [-0.1, -0.05) is 12.1 Å². The number of carbonyl (C=O) groups excluding carboxylic acids is 2. The number of halogens is 2. The molecule has 2 rings (SSSR count). The summed E-state index contributed by atoms with van der Waals surface area (Å²) < 4.78 is 26.4. The minimum absolute atomic E-state index is 0.135. The lowest BCUT2D eigenvalue weighted by Gasteiger charge is -2.14. The van der Waals surface area contributed by atoms with E-state index in [1.54, 1.807) is 25.1 Å². The van der Waals surface area contributed by atoms with E-state index in [1.165, 1.54) is 18.2 Å². The summed E-state index contributed by atoms with van der Waals surface area (Å²) in [7, 11) is 0. The van der Waals surface area contributed by atoms with Crippen molar-refractivity contribution in [1.29, 1.82) is 5.26 Å². The molecule has 0 aliphatic heterocycles. The Kier molecular flexibility index (Phi) is 5.79. The van der Waals surface area contributed by atoms with E-state index in [-0.39, 0.29) is 17.1 Å². The van der Waals surface area contributed by atoms with Gasteiger partial charge in [0.05, 0.1) is 5.56 Å².